The molecule has 0 spiro atoms. The monoisotopic (exact) mass is 1020 g/mol. The number of aromatic hydroxyl groups is 1. The van der Waals surface area contributed by atoms with E-state index in [2.05, 4.69) is 28.2 Å². The molecule has 74 heavy (non-hydrogen) atoms. The molecule has 1 fully saturated rings. The van der Waals surface area contributed by atoms with Gasteiger partial charge < -0.3 is 61.8 Å². The van der Waals surface area contributed by atoms with Crippen LogP contribution in [0.2, 0.25) is 0 Å². The third-order valence-electron chi connectivity index (χ3n) is 13.9. The van der Waals surface area contributed by atoms with Gasteiger partial charge in [0.2, 0.25) is 23.6 Å². The van der Waals surface area contributed by atoms with Gasteiger partial charge in [0.05, 0.1) is 6.04 Å². The highest BCUT2D eigenvalue weighted by molar-refractivity contribution is 5.95. The molecule has 4 aromatic carbocycles. The number of carbonyl (C=O) groups is 5. The minimum Gasteiger partial charge on any atom is -0.508 e. The SMILES string of the molecule is CCCCCCCCO[C@@H]1O[C@H](C(=O)NCCCC[C@H](NC(=O)[C@H](Cc2ccccc2)NC(=O)[C@@H]2Cc3ccccc3CN2C(=O)[C@@H](N)Cc2c(C)cc(O)cc2C)C(=O)NCc2ccccc2)[C@@H](O)[C@H](O)[C@H]1O. The summed E-state index contributed by atoms with van der Waals surface area (Å²) in [5.41, 5.74) is 12.4. The Labute approximate surface area is 434 Å². The molecule has 0 unspecified atom stereocenters. The van der Waals surface area contributed by atoms with Crippen LogP contribution in [-0.4, -0.2) is 123 Å². The van der Waals surface area contributed by atoms with Crippen molar-refractivity contribution >= 4 is 29.5 Å². The van der Waals surface area contributed by atoms with Crippen molar-refractivity contribution in [1.29, 1.82) is 0 Å². The summed E-state index contributed by atoms with van der Waals surface area (Å²) in [6.07, 6.45) is -0.532. The first-order valence-corrected chi connectivity index (χ1v) is 26.1. The van der Waals surface area contributed by atoms with E-state index in [1.165, 1.54) is 4.90 Å². The summed E-state index contributed by atoms with van der Waals surface area (Å²) in [5.74, 6) is -2.72. The number of ether oxygens (including phenoxy) is 2. The summed E-state index contributed by atoms with van der Waals surface area (Å²) in [6.45, 7) is 6.44. The fraction of sp³-hybridized carbons (Fsp3) is 0.491. The molecule has 0 saturated carbocycles. The number of phenols is 1. The van der Waals surface area contributed by atoms with Gasteiger partial charge in [-0.3, -0.25) is 24.0 Å². The average Bonchev–Trinajstić information content (AvgIpc) is 3.39. The summed E-state index contributed by atoms with van der Waals surface area (Å²) in [7, 11) is 0. The zero-order valence-electron chi connectivity index (χ0n) is 42.9. The van der Waals surface area contributed by atoms with E-state index in [0.29, 0.717) is 19.3 Å². The number of hydrogen-bond donors (Lipinski definition) is 9. The van der Waals surface area contributed by atoms with E-state index in [4.69, 9.17) is 15.2 Å². The van der Waals surface area contributed by atoms with Crippen molar-refractivity contribution in [1.82, 2.24) is 26.2 Å². The van der Waals surface area contributed by atoms with Gasteiger partial charge in [-0.2, -0.15) is 0 Å². The topological polar surface area (TPSA) is 262 Å². The molecule has 0 bridgehead atoms. The van der Waals surface area contributed by atoms with Crippen LogP contribution in [0.5, 0.6) is 5.75 Å². The lowest BCUT2D eigenvalue weighted by molar-refractivity contribution is -0.290. The van der Waals surface area contributed by atoms with Crippen LogP contribution < -0.4 is 27.0 Å². The van der Waals surface area contributed by atoms with Crippen molar-refractivity contribution in [2.45, 2.75) is 166 Å². The quantitative estimate of drug-likeness (QED) is 0.0407. The van der Waals surface area contributed by atoms with E-state index in [1.807, 2.05) is 98.8 Å². The standard InChI is InChI=1S/C57H76N6O11/c1-4-5-6-7-8-19-28-73-57-50(67)48(65)49(66)51(74-57)55(71)59-27-18-17-26-45(52(68)60-34-39-22-13-10-14-23-39)61-53(69)46(31-38-20-11-9-12-21-38)62-54(70)47-32-40-24-15-16-25-41(40)35-63(47)56(72)44(58)33-43-36(2)29-42(64)30-37(43)3/h9-16,20-25,29-30,44-51,57,64-67H,4-8,17-19,26-28,31-35,58H2,1-3H3,(H,59,71)(H,60,68)(H,61,69)(H,62,70)/t44-,45-,46-,47-,48-,49-,50+,51-,57+/m0/s1. The Kier molecular flexibility index (Phi) is 21.9. The van der Waals surface area contributed by atoms with Crippen molar-refractivity contribution in [2.24, 2.45) is 5.73 Å². The molecule has 10 N–H and O–H groups in total. The number of amides is 5. The lowest BCUT2D eigenvalue weighted by atomic mass is 9.91. The van der Waals surface area contributed by atoms with E-state index < -0.39 is 84.4 Å². The zero-order valence-corrected chi connectivity index (χ0v) is 42.9. The molecule has 0 aliphatic carbocycles. The first kappa shape index (κ1) is 57.1. The van der Waals surface area contributed by atoms with E-state index >= 15 is 0 Å². The van der Waals surface area contributed by atoms with E-state index in [0.717, 1.165) is 71.0 Å². The third-order valence-corrected chi connectivity index (χ3v) is 13.9. The number of rotatable bonds is 26. The van der Waals surface area contributed by atoms with Gasteiger partial charge in [-0.1, -0.05) is 124 Å². The molecular weight excluding hydrogens is 945 g/mol. The second kappa shape index (κ2) is 28.5. The number of nitrogens with two attached hydrogens (primary N) is 1. The highest BCUT2D eigenvalue weighted by Gasteiger charge is 2.47. The molecule has 2 aliphatic heterocycles. The van der Waals surface area contributed by atoms with Gasteiger partial charge in [-0.05, 0) is 97.0 Å². The minimum atomic E-state index is -1.71. The zero-order chi connectivity index (χ0) is 53.1. The van der Waals surface area contributed by atoms with Crippen molar-refractivity contribution in [2.75, 3.05) is 13.2 Å². The van der Waals surface area contributed by atoms with Crippen LogP contribution in [0.15, 0.2) is 97.1 Å². The highest BCUT2D eigenvalue weighted by Crippen LogP contribution is 2.27. The molecule has 6 rings (SSSR count). The summed E-state index contributed by atoms with van der Waals surface area (Å²) in [5, 5.41) is 53.4. The van der Waals surface area contributed by atoms with Gasteiger partial charge in [-0.15, -0.1) is 0 Å². The van der Waals surface area contributed by atoms with Gasteiger partial charge in [0.25, 0.3) is 5.91 Å². The Bertz CT molecular complexity index is 2440. The number of aliphatic hydroxyl groups excluding tert-OH is 3. The van der Waals surface area contributed by atoms with E-state index in [-0.39, 0.29) is 57.7 Å². The molecule has 17 heteroatoms. The molecule has 0 aromatic heterocycles. The molecule has 1 saturated heterocycles. The second-order valence-electron chi connectivity index (χ2n) is 19.7. The molecule has 2 aliphatic rings. The first-order valence-electron chi connectivity index (χ1n) is 26.1. The van der Waals surface area contributed by atoms with Crippen LogP contribution >= 0.6 is 0 Å². The van der Waals surface area contributed by atoms with Crippen LogP contribution in [0.4, 0.5) is 0 Å². The van der Waals surface area contributed by atoms with Gasteiger partial charge in [0.1, 0.15) is 42.2 Å². The second-order valence-corrected chi connectivity index (χ2v) is 19.7. The molecule has 400 valence electrons. The third kappa shape index (κ3) is 16.1. The molecular formula is C57H76N6O11. The van der Waals surface area contributed by atoms with Gasteiger partial charge in [0.15, 0.2) is 12.4 Å². The Morgan fingerprint density at radius 3 is 2.03 bits per heavy atom. The van der Waals surface area contributed by atoms with Gasteiger partial charge >= 0.3 is 0 Å². The lowest BCUT2D eigenvalue weighted by Gasteiger charge is -2.39. The number of unbranched alkanes of at least 4 members (excludes halogenated alkanes) is 6. The predicted molar refractivity (Wildman–Crippen MR) is 279 cm³/mol. The van der Waals surface area contributed by atoms with Crippen LogP contribution in [0.3, 0.4) is 0 Å². The summed E-state index contributed by atoms with van der Waals surface area (Å²) in [6, 6.07) is 24.9. The summed E-state index contributed by atoms with van der Waals surface area (Å²) in [4.78, 5) is 72.5. The Morgan fingerprint density at radius 1 is 0.703 bits per heavy atom. The predicted octanol–water partition coefficient (Wildman–Crippen LogP) is 3.83. The summed E-state index contributed by atoms with van der Waals surface area (Å²) >= 11 is 0. The molecule has 17 nitrogen and oxygen atoms in total. The molecule has 2 heterocycles. The number of nitrogens with zero attached hydrogens (tertiary/aromatic N) is 1. The number of benzene rings is 4. The Morgan fingerprint density at radius 2 is 1.34 bits per heavy atom. The number of fused-ring (bicyclic) bond motifs is 1. The number of hydrogen-bond acceptors (Lipinski definition) is 12. The number of aliphatic hydroxyl groups is 3. The van der Waals surface area contributed by atoms with Gasteiger partial charge in [0, 0.05) is 39.1 Å². The minimum absolute atomic E-state index is 0.0602. The fourth-order valence-corrected chi connectivity index (χ4v) is 9.65. The number of carbonyl (C=O) groups excluding carboxylic acids is 5. The first-order chi connectivity index (χ1) is 35.6. The van der Waals surface area contributed by atoms with Gasteiger partial charge in [-0.25, -0.2) is 0 Å². The number of aryl methyl sites for hydroxylation is 2. The van der Waals surface area contributed by atoms with E-state index in [1.54, 1.807) is 12.1 Å². The maximum atomic E-state index is 14.7. The number of phenolic OH excluding ortho intramolecular Hbond substituents is 1. The van der Waals surface area contributed by atoms with Crippen LogP contribution in [0.25, 0.3) is 0 Å². The average molecular weight is 1020 g/mol. The smallest absolute Gasteiger partial charge is 0.252 e. The van der Waals surface area contributed by atoms with Crippen LogP contribution in [-0.2, 0) is 65.8 Å². The fourth-order valence-electron chi connectivity index (χ4n) is 9.65. The molecule has 0 radical (unpaired) electrons. The Hall–Kier alpha value is -6.21. The van der Waals surface area contributed by atoms with Crippen molar-refractivity contribution in [3.8, 4) is 5.75 Å². The molecule has 5 amide bonds. The Balaban J connectivity index is 1.13. The largest absolute Gasteiger partial charge is 0.508 e. The molecule has 4 aromatic rings. The van der Waals surface area contributed by atoms with Crippen molar-refractivity contribution < 1.29 is 53.9 Å². The molecule has 9 atom stereocenters. The van der Waals surface area contributed by atoms with Crippen LogP contribution in [0.1, 0.15) is 104 Å². The van der Waals surface area contributed by atoms with Crippen molar-refractivity contribution in [3.05, 3.63) is 136 Å². The van der Waals surface area contributed by atoms with Crippen LogP contribution in [0, 0.1) is 13.8 Å². The maximum Gasteiger partial charge on any atom is 0.252 e. The lowest BCUT2D eigenvalue weighted by Crippen LogP contribution is -2.62. The highest BCUT2D eigenvalue weighted by atomic mass is 16.7. The normalized spacial score (nSPS) is 20.6. The maximum absolute atomic E-state index is 14.7. The summed E-state index contributed by atoms with van der Waals surface area (Å²) < 4.78 is 11.4. The number of nitrogens with one attached hydrogen (secondary N) is 4. The van der Waals surface area contributed by atoms with E-state index in [9.17, 15) is 44.4 Å². The van der Waals surface area contributed by atoms with Crippen molar-refractivity contribution in [3.63, 3.8) is 0 Å².